The molecular weight excluding hydrogens is 306 g/mol. The van der Waals surface area contributed by atoms with Crippen LogP contribution in [-0.2, 0) is 9.59 Å². The summed E-state index contributed by atoms with van der Waals surface area (Å²) in [6, 6.07) is 8.13. The van der Waals surface area contributed by atoms with Gasteiger partial charge < -0.3 is 5.32 Å². The first-order valence-electron chi connectivity index (χ1n) is 7.58. The number of carbonyl (C=O) groups is 2. The number of ketones is 2. The minimum absolute atomic E-state index is 0.00142. The maximum absolute atomic E-state index is 12.3. The summed E-state index contributed by atoms with van der Waals surface area (Å²) >= 11 is 1.65. The van der Waals surface area contributed by atoms with Gasteiger partial charge in [0, 0.05) is 33.2 Å². The number of carbonyl (C=O) groups excluding carboxylic acids is 2. The second kappa shape index (κ2) is 5.78. The second-order valence-corrected chi connectivity index (χ2v) is 6.85. The predicted octanol–water partition coefficient (Wildman–Crippen LogP) is 4.31. The fourth-order valence-electron chi connectivity index (χ4n) is 3.46. The zero-order chi connectivity index (χ0) is 16.7. The Labute approximate surface area is 139 Å². The highest BCUT2D eigenvalue weighted by Crippen LogP contribution is 2.43. The van der Waals surface area contributed by atoms with E-state index in [1.165, 1.54) is 4.70 Å². The molecule has 3 nitrogen and oxygen atoms in total. The zero-order valence-electron chi connectivity index (χ0n) is 13.7. The quantitative estimate of drug-likeness (QED) is 0.914. The molecule has 2 heterocycles. The lowest BCUT2D eigenvalue weighted by molar-refractivity contribution is -0.114. The third-order valence-corrected chi connectivity index (χ3v) is 5.32. The number of fused-ring (bicyclic) bond motifs is 1. The maximum atomic E-state index is 12.3. The van der Waals surface area contributed by atoms with Gasteiger partial charge in [0.15, 0.2) is 11.6 Å². The lowest BCUT2D eigenvalue weighted by Crippen LogP contribution is -2.29. The first kappa shape index (κ1) is 15.7. The molecule has 0 radical (unpaired) electrons. The average Bonchev–Trinajstić information content (AvgIpc) is 2.89. The van der Waals surface area contributed by atoms with Crippen molar-refractivity contribution in [1.82, 2.24) is 5.32 Å². The Balaban J connectivity index is 2.31. The molecule has 23 heavy (non-hydrogen) atoms. The summed E-state index contributed by atoms with van der Waals surface area (Å²) in [4.78, 5) is 24.6. The third-order valence-electron chi connectivity index (χ3n) is 4.34. The molecule has 0 bridgehead atoms. The molecule has 2 aromatic rings. The highest BCUT2D eigenvalue weighted by molar-refractivity contribution is 7.17. The van der Waals surface area contributed by atoms with E-state index in [-0.39, 0.29) is 17.5 Å². The van der Waals surface area contributed by atoms with Gasteiger partial charge in [-0.1, -0.05) is 18.2 Å². The molecule has 0 amide bonds. The maximum Gasteiger partial charge on any atom is 0.158 e. The van der Waals surface area contributed by atoms with Crippen LogP contribution in [0.4, 0.5) is 0 Å². The Kier molecular flexibility index (Phi) is 3.94. The van der Waals surface area contributed by atoms with Crippen LogP contribution in [0.3, 0.4) is 0 Å². The molecule has 1 aliphatic rings. The third kappa shape index (κ3) is 2.53. The summed E-state index contributed by atoms with van der Waals surface area (Å²) in [6.45, 7) is 6.94. The van der Waals surface area contributed by atoms with E-state index in [4.69, 9.17) is 0 Å². The van der Waals surface area contributed by atoms with E-state index >= 15 is 0 Å². The first-order chi connectivity index (χ1) is 10.9. The molecular formula is C19H19NO2S. The summed E-state index contributed by atoms with van der Waals surface area (Å²) in [5, 5.41) is 6.39. The van der Waals surface area contributed by atoms with Crippen molar-refractivity contribution in [3.8, 4) is 0 Å². The zero-order valence-corrected chi connectivity index (χ0v) is 14.5. The van der Waals surface area contributed by atoms with Crippen molar-refractivity contribution in [3.63, 3.8) is 0 Å². The summed E-state index contributed by atoms with van der Waals surface area (Å²) in [6.07, 6.45) is 0. The van der Waals surface area contributed by atoms with Crippen LogP contribution in [0.15, 0.2) is 52.2 Å². The number of rotatable bonds is 3. The fraction of sp³-hybridized carbons (Fsp3) is 0.263. The van der Waals surface area contributed by atoms with E-state index in [0.717, 1.165) is 22.3 Å². The summed E-state index contributed by atoms with van der Waals surface area (Å²) in [5.74, 6) is -0.287. The molecule has 1 aromatic heterocycles. The lowest BCUT2D eigenvalue weighted by atomic mass is 9.77. The van der Waals surface area contributed by atoms with Crippen molar-refractivity contribution in [2.24, 2.45) is 0 Å². The highest BCUT2D eigenvalue weighted by Gasteiger charge is 2.34. The van der Waals surface area contributed by atoms with Crippen molar-refractivity contribution < 1.29 is 9.59 Å². The van der Waals surface area contributed by atoms with E-state index in [2.05, 4.69) is 22.8 Å². The highest BCUT2D eigenvalue weighted by atomic mass is 32.1. The molecule has 1 aromatic carbocycles. The molecule has 0 atom stereocenters. The van der Waals surface area contributed by atoms with Gasteiger partial charge in [-0.15, -0.1) is 11.3 Å². The van der Waals surface area contributed by atoms with Gasteiger partial charge in [0.25, 0.3) is 0 Å². The largest absolute Gasteiger partial charge is 0.362 e. The van der Waals surface area contributed by atoms with Crippen LogP contribution in [0, 0.1) is 0 Å². The summed E-state index contributed by atoms with van der Waals surface area (Å²) in [7, 11) is 0. The molecule has 0 saturated heterocycles. The van der Waals surface area contributed by atoms with Crippen LogP contribution in [-0.4, -0.2) is 11.6 Å². The number of dihydropyridines is 1. The predicted molar refractivity (Wildman–Crippen MR) is 94.5 cm³/mol. The van der Waals surface area contributed by atoms with Gasteiger partial charge in [-0.3, -0.25) is 9.59 Å². The number of allylic oxidation sites excluding steroid dienone is 4. The molecule has 1 N–H and O–H groups in total. The first-order valence-corrected chi connectivity index (χ1v) is 8.46. The van der Waals surface area contributed by atoms with Crippen molar-refractivity contribution in [2.45, 2.75) is 33.6 Å². The van der Waals surface area contributed by atoms with Crippen LogP contribution in [0.1, 0.15) is 39.2 Å². The second-order valence-electron chi connectivity index (χ2n) is 5.93. The van der Waals surface area contributed by atoms with Crippen molar-refractivity contribution in [2.75, 3.05) is 0 Å². The molecule has 1 aliphatic heterocycles. The van der Waals surface area contributed by atoms with Crippen LogP contribution in [0.5, 0.6) is 0 Å². The average molecular weight is 325 g/mol. The SMILES string of the molecule is CC(=O)C1=C(C)NC(C)=C(C(C)=O)C1c1csc2ccccc12. The smallest absolute Gasteiger partial charge is 0.158 e. The lowest BCUT2D eigenvalue weighted by Gasteiger charge is -2.30. The van der Waals surface area contributed by atoms with Gasteiger partial charge >= 0.3 is 0 Å². The molecule has 0 saturated carbocycles. The number of hydrogen-bond acceptors (Lipinski definition) is 4. The van der Waals surface area contributed by atoms with E-state index < -0.39 is 0 Å². The Bertz CT molecular complexity index is 850. The number of hydrogen-bond donors (Lipinski definition) is 1. The minimum Gasteiger partial charge on any atom is -0.362 e. The Morgan fingerprint density at radius 2 is 1.57 bits per heavy atom. The van der Waals surface area contributed by atoms with Gasteiger partial charge in [0.05, 0.1) is 0 Å². The van der Waals surface area contributed by atoms with E-state index in [9.17, 15) is 9.59 Å². The topological polar surface area (TPSA) is 46.2 Å². The van der Waals surface area contributed by atoms with Crippen LogP contribution in [0.2, 0.25) is 0 Å². The van der Waals surface area contributed by atoms with E-state index in [1.807, 2.05) is 26.0 Å². The van der Waals surface area contributed by atoms with Gasteiger partial charge in [0.1, 0.15) is 0 Å². The van der Waals surface area contributed by atoms with Crippen LogP contribution < -0.4 is 5.32 Å². The number of benzene rings is 1. The van der Waals surface area contributed by atoms with Crippen molar-refractivity contribution in [1.29, 1.82) is 0 Å². The summed E-state index contributed by atoms with van der Waals surface area (Å²) < 4.78 is 1.17. The Hall–Kier alpha value is -2.20. The monoisotopic (exact) mass is 325 g/mol. The van der Waals surface area contributed by atoms with Gasteiger partial charge in [-0.05, 0) is 50.1 Å². The molecule has 118 valence electrons. The summed E-state index contributed by atoms with van der Waals surface area (Å²) in [5.41, 5.74) is 4.08. The van der Waals surface area contributed by atoms with E-state index in [1.54, 1.807) is 25.2 Å². The Morgan fingerprint density at radius 3 is 2.13 bits per heavy atom. The fourth-order valence-corrected chi connectivity index (χ4v) is 4.45. The van der Waals surface area contributed by atoms with Crippen LogP contribution >= 0.6 is 11.3 Å². The standard InChI is InChI=1S/C19H19NO2S/c1-10-17(12(3)21)19(18(13(4)22)11(2)20-10)15-9-23-16-8-6-5-7-14(15)16/h5-9,19-20H,1-4H3. The molecule has 0 aliphatic carbocycles. The molecule has 0 unspecified atom stereocenters. The number of Topliss-reactive ketones (excluding diaryl/α,β-unsaturated/α-hetero) is 2. The van der Waals surface area contributed by atoms with Crippen molar-refractivity contribution in [3.05, 3.63) is 57.7 Å². The van der Waals surface area contributed by atoms with Crippen molar-refractivity contribution >= 4 is 33.0 Å². The normalized spacial score (nSPS) is 16.0. The van der Waals surface area contributed by atoms with Gasteiger partial charge in [-0.25, -0.2) is 0 Å². The molecule has 4 heteroatoms. The van der Waals surface area contributed by atoms with Gasteiger partial charge in [0.2, 0.25) is 0 Å². The Morgan fingerprint density at radius 1 is 1.00 bits per heavy atom. The number of thiophene rings is 1. The number of nitrogens with one attached hydrogen (secondary N) is 1. The molecule has 0 fully saturated rings. The minimum atomic E-state index is -0.289. The molecule has 0 spiro atoms. The van der Waals surface area contributed by atoms with E-state index in [0.29, 0.717) is 11.1 Å². The van der Waals surface area contributed by atoms with Gasteiger partial charge in [-0.2, -0.15) is 0 Å². The molecule has 3 rings (SSSR count). The van der Waals surface area contributed by atoms with Crippen LogP contribution in [0.25, 0.3) is 10.1 Å².